The second-order valence-corrected chi connectivity index (χ2v) is 10.1. The maximum Gasteiger partial charge on any atom is 0.410 e. The summed E-state index contributed by atoms with van der Waals surface area (Å²) in [5.41, 5.74) is 0.120. The van der Waals surface area contributed by atoms with Gasteiger partial charge < -0.3 is 19.5 Å². The normalized spacial score (nSPS) is 16.6. The summed E-state index contributed by atoms with van der Waals surface area (Å²) < 4.78 is 11.0. The number of hydrogen-bond acceptors (Lipinski definition) is 6. The van der Waals surface area contributed by atoms with Crippen molar-refractivity contribution in [2.75, 3.05) is 19.7 Å². The Bertz CT molecular complexity index is 909. The number of carbonyl (C=O) groups is 2. The SMILES string of the molecule is CCOC(=O)C(N(Cc1ccccc1)Cc1ccccc1)C1(O)CCN(C(=O)OC(C)(C)C)CC1. The lowest BCUT2D eigenvalue weighted by atomic mass is 9.82. The van der Waals surface area contributed by atoms with Crippen LogP contribution in [0.25, 0.3) is 0 Å². The minimum atomic E-state index is -1.35. The number of hydrogen-bond donors (Lipinski definition) is 1. The van der Waals surface area contributed by atoms with Crippen LogP contribution in [0.5, 0.6) is 0 Å². The number of aliphatic hydroxyl groups is 1. The Balaban J connectivity index is 1.88. The molecule has 3 rings (SSSR count). The van der Waals surface area contributed by atoms with E-state index in [0.29, 0.717) is 26.2 Å². The van der Waals surface area contributed by atoms with Crippen molar-refractivity contribution >= 4 is 12.1 Å². The quantitative estimate of drug-likeness (QED) is 0.563. The molecule has 1 aliphatic rings. The van der Waals surface area contributed by atoms with E-state index in [0.717, 1.165) is 11.1 Å². The van der Waals surface area contributed by atoms with Gasteiger partial charge in [0.2, 0.25) is 0 Å². The number of carbonyl (C=O) groups excluding carboxylic acids is 2. The molecule has 0 aliphatic carbocycles. The highest BCUT2D eigenvalue weighted by Crippen LogP contribution is 2.32. The van der Waals surface area contributed by atoms with Crippen LogP contribution in [0.15, 0.2) is 60.7 Å². The molecule has 1 aliphatic heterocycles. The van der Waals surface area contributed by atoms with Gasteiger partial charge in [-0.3, -0.25) is 9.69 Å². The van der Waals surface area contributed by atoms with Crippen LogP contribution in [0.1, 0.15) is 51.7 Å². The van der Waals surface area contributed by atoms with Crippen molar-refractivity contribution in [3.63, 3.8) is 0 Å². The summed E-state index contributed by atoms with van der Waals surface area (Å²) in [5.74, 6) is -0.451. The van der Waals surface area contributed by atoms with Gasteiger partial charge in [-0.2, -0.15) is 0 Å². The topological polar surface area (TPSA) is 79.3 Å². The third-order valence-electron chi connectivity index (χ3n) is 6.12. The molecule has 1 saturated heterocycles. The number of ether oxygens (including phenoxy) is 2. The highest BCUT2D eigenvalue weighted by atomic mass is 16.6. The van der Waals surface area contributed by atoms with Crippen LogP contribution in [0.2, 0.25) is 0 Å². The summed E-state index contributed by atoms with van der Waals surface area (Å²) in [6.45, 7) is 9.00. The molecule has 1 heterocycles. The van der Waals surface area contributed by atoms with E-state index in [1.165, 1.54) is 0 Å². The first kappa shape index (κ1) is 26.7. The molecule has 1 unspecified atom stereocenters. The average molecular weight is 483 g/mol. The van der Waals surface area contributed by atoms with Crippen molar-refractivity contribution in [2.24, 2.45) is 0 Å². The van der Waals surface area contributed by atoms with Gasteiger partial charge >= 0.3 is 12.1 Å². The smallest absolute Gasteiger partial charge is 0.410 e. The van der Waals surface area contributed by atoms with Gasteiger partial charge in [0.15, 0.2) is 0 Å². The second kappa shape index (κ2) is 11.7. The molecule has 1 amide bonds. The van der Waals surface area contributed by atoms with E-state index in [1.807, 2.05) is 86.3 Å². The fraction of sp³-hybridized carbons (Fsp3) is 0.500. The molecule has 0 bridgehead atoms. The van der Waals surface area contributed by atoms with Crippen molar-refractivity contribution in [1.29, 1.82) is 0 Å². The van der Waals surface area contributed by atoms with Crippen LogP contribution in [0, 0.1) is 0 Å². The zero-order valence-corrected chi connectivity index (χ0v) is 21.3. The first-order valence-corrected chi connectivity index (χ1v) is 12.3. The van der Waals surface area contributed by atoms with Crippen LogP contribution >= 0.6 is 0 Å². The van der Waals surface area contributed by atoms with Crippen LogP contribution in [-0.4, -0.2) is 63.9 Å². The molecule has 2 aromatic rings. The monoisotopic (exact) mass is 482 g/mol. The summed E-state index contributed by atoms with van der Waals surface area (Å²) >= 11 is 0. The highest BCUT2D eigenvalue weighted by molar-refractivity contribution is 5.77. The largest absolute Gasteiger partial charge is 0.465 e. The molecule has 0 spiro atoms. The Labute approximate surface area is 208 Å². The van der Waals surface area contributed by atoms with Crippen molar-refractivity contribution in [1.82, 2.24) is 9.80 Å². The predicted octanol–water partition coefficient (Wildman–Crippen LogP) is 4.38. The van der Waals surface area contributed by atoms with Crippen LogP contribution in [0.3, 0.4) is 0 Å². The number of piperidine rings is 1. The van der Waals surface area contributed by atoms with Gasteiger partial charge in [-0.15, -0.1) is 0 Å². The van der Waals surface area contributed by atoms with Gasteiger partial charge in [0, 0.05) is 26.2 Å². The number of amides is 1. The predicted molar refractivity (Wildman–Crippen MR) is 135 cm³/mol. The van der Waals surface area contributed by atoms with Gasteiger partial charge in [-0.05, 0) is 51.7 Å². The van der Waals surface area contributed by atoms with E-state index >= 15 is 0 Å². The molecule has 1 atom stereocenters. The van der Waals surface area contributed by atoms with Crippen molar-refractivity contribution in [2.45, 2.75) is 70.9 Å². The van der Waals surface area contributed by atoms with E-state index < -0.39 is 29.3 Å². The fourth-order valence-electron chi connectivity index (χ4n) is 4.48. The first-order valence-electron chi connectivity index (χ1n) is 12.3. The van der Waals surface area contributed by atoms with Gasteiger partial charge in [0.25, 0.3) is 0 Å². The zero-order chi connectivity index (χ0) is 25.5. The Kier molecular flexibility index (Phi) is 8.92. The number of likely N-dealkylation sites (tertiary alicyclic amines) is 1. The summed E-state index contributed by atoms with van der Waals surface area (Å²) in [7, 11) is 0. The minimum Gasteiger partial charge on any atom is -0.465 e. The number of nitrogens with zero attached hydrogens (tertiary/aromatic N) is 2. The summed E-state index contributed by atoms with van der Waals surface area (Å²) in [6.07, 6.45) is 0.0867. The Morgan fingerprint density at radius 3 is 1.89 bits per heavy atom. The van der Waals surface area contributed by atoms with E-state index in [2.05, 4.69) is 0 Å². The Morgan fingerprint density at radius 1 is 0.971 bits per heavy atom. The van der Waals surface area contributed by atoms with Crippen molar-refractivity contribution in [3.05, 3.63) is 71.8 Å². The standard InChI is InChI=1S/C28H38N2O5/c1-5-34-25(31)24(28(33)16-18-29(19-17-28)26(32)35-27(2,3)4)30(20-22-12-8-6-9-13-22)21-23-14-10-7-11-15-23/h6-15,24,33H,5,16-21H2,1-4H3. The van der Waals surface area contributed by atoms with E-state index in [-0.39, 0.29) is 19.4 Å². The lowest BCUT2D eigenvalue weighted by Gasteiger charge is -2.45. The van der Waals surface area contributed by atoms with Gasteiger partial charge in [0.05, 0.1) is 12.2 Å². The van der Waals surface area contributed by atoms with Gasteiger partial charge in [-0.1, -0.05) is 60.7 Å². The lowest BCUT2D eigenvalue weighted by molar-refractivity contribution is -0.167. The van der Waals surface area contributed by atoms with E-state index in [1.54, 1.807) is 11.8 Å². The zero-order valence-electron chi connectivity index (χ0n) is 21.3. The van der Waals surface area contributed by atoms with Crippen molar-refractivity contribution in [3.8, 4) is 0 Å². The molecule has 0 radical (unpaired) electrons. The average Bonchev–Trinajstić information content (AvgIpc) is 2.80. The van der Waals surface area contributed by atoms with Crippen LogP contribution < -0.4 is 0 Å². The van der Waals surface area contributed by atoms with Crippen LogP contribution in [0.4, 0.5) is 4.79 Å². The second-order valence-electron chi connectivity index (χ2n) is 10.1. The molecular weight excluding hydrogens is 444 g/mol. The highest BCUT2D eigenvalue weighted by Gasteiger charge is 2.48. The maximum absolute atomic E-state index is 13.3. The molecule has 1 fully saturated rings. The Morgan fingerprint density at radius 2 is 1.46 bits per heavy atom. The van der Waals surface area contributed by atoms with Crippen LogP contribution in [-0.2, 0) is 27.4 Å². The lowest BCUT2D eigenvalue weighted by Crippen LogP contribution is -2.61. The molecule has 35 heavy (non-hydrogen) atoms. The Hall–Kier alpha value is -2.90. The van der Waals surface area contributed by atoms with Gasteiger partial charge in [0.1, 0.15) is 11.6 Å². The number of rotatable bonds is 8. The number of esters is 1. The minimum absolute atomic E-state index is 0.222. The summed E-state index contributed by atoms with van der Waals surface area (Å²) in [6, 6.07) is 18.9. The summed E-state index contributed by atoms with van der Waals surface area (Å²) in [4.78, 5) is 29.5. The molecule has 7 nitrogen and oxygen atoms in total. The molecule has 2 aromatic carbocycles. The van der Waals surface area contributed by atoms with Gasteiger partial charge in [-0.25, -0.2) is 4.79 Å². The fourth-order valence-corrected chi connectivity index (χ4v) is 4.48. The summed E-state index contributed by atoms with van der Waals surface area (Å²) in [5, 5.41) is 11.9. The molecule has 190 valence electrons. The molecule has 0 saturated carbocycles. The molecule has 0 aromatic heterocycles. The van der Waals surface area contributed by atoms with E-state index in [9.17, 15) is 14.7 Å². The molecular formula is C28H38N2O5. The first-order chi connectivity index (χ1) is 16.6. The third-order valence-corrected chi connectivity index (χ3v) is 6.12. The molecule has 7 heteroatoms. The van der Waals surface area contributed by atoms with Crippen molar-refractivity contribution < 1.29 is 24.2 Å². The maximum atomic E-state index is 13.3. The molecule has 1 N–H and O–H groups in total. The third kappa shape index (κ3) is 7.54. The number of benzene rings is 2. The van der Waals surface area contributed by atoms with E-state index in [4.69, 9.17) is 9.47 Å².